The first-order valence-corrected chi connectivity index (χ1v) is 12.4. The summed E-state index contributed by atoms with van der Waals surface area (Å²) in [5.74, 6) is -1.54. The third-order valence-electron chi connectivity index (χ3n) is 5.70. The smallest absolute Gasteiger partial charge is 0.255 e. The molecule has 0 fully saturated rings. The first-order valence-electron chi connectivity index (χ1n) is 12.4. The fraction of sp³-hybridized carbons (Fsp3) is 0.600. The monoisotopic (exact) mass is 505 g/mol. The molecular weight excluding hydrogens is 466 g/mol. The van der Waals surface area contributed by atoms with Crippen LogP contribution in [0.15, 0.2) is 24.3 Å². The lowest BCUT2D eigenvalue weighted by Gasteiger charge is -2.23. The number of aliphatic hydroxyl groups is 1. The van der Waals surface area contributed by atoms with Gasteiger partial charge in [-0.05, 0) is 65.4 Å². The molecule has 0 saturated heterocycles. The normalized spacial score (nSPS) is 20.9. The largest absolute Gasteiger partial charge is 0.493 e. The van der Waals surface area contributed by atoms with Gasteiger partial charge in [0.05, 0.1) is 18.3 Å². The maximum atomic E-state index is 13.1. The number of carbonyl (C=O) groups excluding carboxylic acids is 4. The summed E-state index contributed by atoms with van der Waals surface area (Å²) in [6.45, 7) is 3.24. The van der Waals surface area contributed by atoms with E-state index >= 15 is 0 Å². The number of unbranched alkanes of at least 4 members (excludes halogenated alkanes) is 1. The molecule has 0 aliphatic carbocycles. The Bertz CT molecular complexity index is 891. The molecule has 1 aromatic rings. The number of carbonyl (C=O) groups is 4. The number of hydrogen-bond acceptors (Lipinski definition) is 7. The molecular formula is C25H39N5O6. The van der Waals surface area contributed by atoms with Crippen LogP contribution in [0.5, 0.6) is 5.75 Å². The summed E-state index contributed by atoms with van der Waals surface area (Å²) in [5, 5.41) is 20.8. The molecule has 0 unspecified atom stereocenters. The van der Waals surface area contributed by atoms with E-state index in [0.717, 1.165) is 19.4 Å². The van der Waals surface area contributed by atoms with E-state index in [4.69, 9.17) is 4.74 Å². The maximum Gasteiger partial charge on any atom is 0.255 e. The zero-order chi connectivity index (χ0) is 26.5. The van der Waals surface area contributed by atoms with Crippen LogP contribution in [0.25, 0.3) is 0 Å². The highest BCUT2D eigenvalue weighted by molar-refractivity contribution is 5.99. The summed E-state index contributed by atoms with van der Waals surface area (Å²) < 4.78 is 5.76. The van der Waals surface area contributed by atoms with Crippen molar-refractivity contribution in [3.8, 4) is 5.75 Å². The van der Waals surface area contributed by atoms with Crippen molar-refractivity contribution < 1.29 is 29.0 Å². The van der Waals surface area contributed by atoms with Gasteiger partial charge >= 0.3 is 0 Å². The number of rotatable bonds is 7. The molecule has 0 aromatic heterocycles. The van der Waals surface area contributed by atoms with Gasteiger partial charge in [-0.3, -0.25) is 19.2 Å². The van der Waals surface area contributed by atoms with E-state index in [9.17, 15) is 24.3 Å². The van der Waals surface area contributed by atoms with Crippen molar-refractivity contribution >= 4 is 23.6 Å². The standard InChI is InChI=1S/C25H39N5O6/c1-17(31)22-25(35)27-14-8-16-36-20-10-5-4-9-18(20)23(33)28-19(11-12-21(32)29-22)24(34)26-13-6-7-15-30(2)3/h4-5,9-10,17,19,22,31H,6-8,11-16H2,1-3H3,(H,26,34)(H,27,35)(H,28,33)(H,29,32)/t17-,19+,22+/m1/s1. The Morgan fingerprint density at radius 2 is 1.94 bits per heavy atom. The Morgan fingerprint density at radius 1 is 1.19 bits per heavy atom. The second-order valence-corrected chi connectivity index (χ2v) is 9.14. The number of ether oxygens (including phenoxy) is 1. The predicted octanol–water partition coefficient (Wildman–Crippen LogP) is -0.212. The summed E-state index contributed by atoms with van der Waals surface area (Å²) >= 11 is 0. The zero-order valence-corrected chi connectivity index (χ0v) is 21.3. The lowest BCUT2D eigenvalue weighted by molar-refractivity contribution is -0.132. The van der Waals surface area contributed by atoms with Gasteiger partial charge in [0.25, 0.3) is 5.91 Å². The fourth-order valence-electron chi connectivity index (χ4n) is 3.67. The minimum absolute atomic E-state index is 0.0122. The van der Waals surface area contributed by atoms with Crippen LogP contribution in [-0.4, -0.2) is 92.2 Å². The Hall–Kier alpha value is -3.18. The van der Waals surface area contributed by atoms with Gasteiger partial charge in [0.1, 0.15) is 17.8 Å². The van der Waals surface area contributed by atoms with Gasteiger partial charge in [-0.2, -0.15) is 0 Å². The third-order valence-corrected chi connectivity index (χ3v) is 5.70. The molecule has 1 aromatic carbocycles. The van der Waals surface area contributed by atoms with Crippen molar-refractivity contribution in [2.24, 2.45) is 0 Å². The van der Waals surface area contributed by atoms with Crippen molar-refractivity contribution in [1.29, 1.82) is 0 Å². The number of nitrogens with zero attached hydrogens (tertiary/aromatic N) is 1. The van der Waals surface area contributed by atoms with Crippen LogP contribution in [0.3, 0.4) is 0 Å². The van der Waals surface area contributed by atoms with Crippen LogP contribution in [0.4, 0.5) is 0 Å². The van der Waals surface area contributed by atoms with E-state index in [1.165, 1.54) is 6.92 Å². The Morgan fingerprint density at radius 3 is 2.67 bits per heavy atom. The van der Waals surface area contributed by atoms with Crippen molar-refractivity contribution in [2.45, 2.75) is 57.2 Å². The highest BCUT2D eigenvalue weighted by Crippen LogP contribution is 2.18. The van der Waals surface area contributed by atoms with Crippen LogP contribution >= 0.6 is 0 Å². The number of amides is 4. The van der Waals surface area contributed by atoms with E-state index < -0.39 is 41.8 Å². The van der Waals surface area contributed by atoms with Gasteiger partial charge in [-0.1, -0.05) is 12.1 Å². The first kappa shape index (κ1) is 29.1. The molecule has 3 atom stereocenters. The molecule has 0 saturated carbocycles. The van der Waals surface area contributed by atoms with Crippen molar-refractivity contribution in [2.75, 3.05) is 40.3 Å². The summed E-state index contributed by atoms with van der Waals surface area (Å²) in [7, 11) is 3.95. The highest BCUT2D eigenvalue weighted by Gasteiger charge is 2.28. The number of benzene rings is 1. The molecule has 1 heterocycles. The maximum absolute atomic E-state index is 13.1. The number of para-hydroxylation sites is 1. The molecule has 5 N–H and O–H groups in total. The number of hydrogen-bond donors (Lipinski definition) is 5. The van der Waals surface area contributed by atoms with Crippen LogP contribution < -0.4 is 26.0 Å². The first-order chi connectivity index (χ1) is 17.2. The molecule has 200 valence electrons. The minimum Gasteiger partial charge on any atom is -0.493 e. The summed E-state index contributed by atoms with van der Waals surface area (Å²) in [6.07, 6.45) is 0.886. The summed E-state index contributed by atoms with van der Waals surface area (Å²) in [5.41, 5.74) is 0.274. The topological polar surface area (TPSA) is 149 Å². The van der Waals surface area contributed by atoms with Crippen LogP contribution in [-0.2, 0) is 14.4 Å². The zero-order valence-electron chi connectivity index (χ0n) is 21.3. The van der Waals surface area contributed by atoms with Crippen LogP contribution in [0, 0.1) is 0 Å². The Balaban J connectivity index is 2.17. The molecule has 0 radical (unpaired) electrons. The van der Waals surface area contributed by atoms with Gasteiger partial charge < -0.3 is 36.0 Å². The van der Waals surface area contributed by atoms with Gasteiger partial charge in [0.15, 0.2) is 0 Å². The second-order valence-electron chi connectivity index (χ2n) is 9.14. The molecule has 0 spiro atoms. The number of aliphatic hydroxyl groups excluding tert-OH is 1. The highest BCUT2D eigenvalue weighted by atomic mass is 16.5. The van der Waals surface area contributed by atoms with E-state index in [1.54, 1.807) is 24.3 Å². The molecule has 11 heteroatoms. The van der Waals surface area contributed by atoms with Gasteiger partial charge in [0.2, 0.25) is 17.7 Å². The SMILES string of the molecule is C[C@@H](O)[C@@H]1NC(=O)CC[C@@H](C(=O)NCCCCN(C)C)NC(=O)c2ccccc2OCCCNC1=O. The van der Waals surface area contributed by atoms with Gasteiger partial charge in [-0.15, -0.1) is 0 Å². The quantitative estimate of drug-likeness (QED) is 0.322. The number of fused-ring (bicyclic) bond motifs is 1. The second kappa shape index (κ2) is 15.0. The lowest BCUT2D eigenvalue weighted by atomic mass is 10.1. The summed E-state index contributed by atoms with van der Waals surface area (Å²) in [4.78, 5) is 53.1. The van der Waals surface area contributed by atoms with Gasteiger partial charge in [-0.25, -0.2) is 0 Å². The fourth-order valence-corrected chi connectivity index (χ4v) is 3.67. The average Bonchev–Trinajstić information content (AvgIpc) is 2.83. The lowest BCUT2D eigenvalue weighted by Crippen LogP contribution is -2.53. The van der Waals surface area contributed by atoms with E-state index in [-0.39, 0.29) is 31.6 Å². The Labute approximate surface area is 212 Å². The van der Waals surface area contributed by atoms with Crippen LogP contribution in [0.1, 0.15) is 49.4 Å². The van der Waals surface area contributed by atoms with Gasteiger partial charge in [0, 0.05) is 19.5 Å². The number of nitrogens with one attached hydrogen (secondary N) is 4. The van der Waals surface area contributed by atoms with Crippen molar-refractivity contribution in [3.63, 3.8) is 0 Å². The van der Waals surface area contributed by atoms with Crippen LogP contribution in [0.2, 0.25) is 0 Å². The minimum atomic E-state index is -1.13. The molecule has 2 rings (SSSR count). The van der Waals surface area contributed by atoms with E-state index in [0.29, 0.717) is 18.7 Å². The third kappa shape index (κ3) is 9.82. The van der Waals surface area contributed by atoms with Crippen molar-refractivity contribution in [1.82, 2.24) is 26.2 Å². The molecule has 1 aliphatic rings. The predicted molar refractivity (Wildman–Crippen MR) is 134 cm³/mol. The molecule has 11 nitrogen and oxygen atoms in total. The van der Waals surface area contributed by atoms with Crippen molar-refractivity contribution in [3.05, 3.63) is 29.8 Å². The van der Waals surface area contributed by atoms with E-state index in [2.05, 4.69) is 26.2 Å². The van der Waals surface area contributed by atoms with E-state index in [1.807, 2.05) is 14.1 Å². The average molecular weight is 506 g/mol. The molecule has 36 heavy (non-hydrogen) atoms. The molecule has 1 aliphatic heterocycles. The Kier molecular flexibility index (Phi) is 12.1. The molecule has 0 bridgehead atoms. The summed E-state index contributed by atoms with van der Waals surface area (Å²) in [6, 6.07) is 4.59. The molecule has 4 amide bonds.